The van der Waals surface area contributed by atoms with Gasteiger partial charge >= 0.3 is 0 Å². The number of nitrogens with one attached hydrogen (secondary N) is 1. The van der Waals surface area contributed by atoms with E-state index in [0.717, 1.165) is 22.7 Å². The first-order chi connectivity index (χ1) is 15.2. The molecule has 0 aliphatic heterocycles. The Balaban J connectivity index is 1.39. The summed E-state index contributed by atoms with van der Waals surface area (Å²) in [4.78, 5) is 9.16. The van der Waals surface area contributed by atoms with Crippen LogP contribution in [-0.2, 0) is 6.54 Å². The fraction of sp³-hybridized carbons (Fsp3) is 0.111. The molecular formula is C27H24N4. The molecule has 31 heavy (non-hydrogen) atoms. The van der Waals surface area contributed by atoms with E-state index in [1.807, 2.05) is 36.8 Å². The van der Waals surface area contributed by atoms with Gasteiger partial charge in [-0.25, -0.2) is 9.97 Å². The number of nitrogens with zero attached hydrogens (tertiary/aromatic N) is 3. The first-order valence-corrected chi connectivity index (χ1v) is 10.5. The minimum absolute atomic E-state index is 0.690. The van der Waals surface area contributed by atoms with Gasteiger partial charge in [0, 0.05) is 24.5 Å². The lowest BCUT2D eigenvalue weighted by Gasteiger charge is -2.11. The minimum Gasteiger partial charge on any atom is -0.363 e. The Bertz CT molecular complexity index is 1350. The highest BCUT2D eigenvalue weighted by molar-refractivity contribution is 5.71. The van der Waals surface area contributed by atoms with Crippen LogP contribution in [0, 0.1) is 13.8 Å². The van der Waals surface area contributed by atoms with Crippen LogP contribution < -0.4 is 5.32 Å². The van der Waals surface area contributed by atoms with E-state index < -0.39 is 0 Å². The second-order valence-corrected chi connectivity index (χ2v) is 7.85. The Kier molecular flexibility index (Phi) is 4.97. The molecule has 2 aromatic heterocycles. The maximum absolute atomic E-state index is 4.62. The molecule has 0 aliphatic carbocycles. The number of imidazole rings is 1. The van der Waals surface area contributed by atoms with Gasteiger partial charge < -0.3 is 5.32 Å². The molecular weight excluding hydrogens is 380 g/mol. The van der Waals surface area contributed by atoms with Crippen molar-refractivity contribution < 1.29 is 0 Å². The monoisotopic (exact) mass is 404 g/mol. The lowest BCUT2D eigenvalue weighted by atomic mass is 9.97. The first kappa shape index (κ1) is 19.1. The predicted octanol–water partition coefficient (Wildman–Crippen LogP) is 6.29. The van der Waals surface area contributed by atoms with E-state index in [2.05, 4.69) is 88.1 Å². The van der Waals surface area contributed by atoms with Crippen LogP contribution in [-0.4, -0.2) is 14.4 Å². The van der Waals surface area contributed by atoms with Crippen LogP contribution >= 0.6 is 0 Å². The summed E-state index contributed by atoms with van der Waals surface area (Å²) in [5.41, 5.74) is 9.30. The molecule has 0 radical (unpaired) electrons. The summed E-state index contributed by atoms with van der Waals surface area (Å²) >= 11 is 0. The molecule has 5 aromatic rings. The number of benzene rings is 3. The van der Waals surface area contributed by atoms with Crippen LogP contribution in [0.5, 0.6) is 0 Å². The Morgan fingerprint density at radius 1 is 0.839 bits per heavy atom. The maximum atomic E-state index is 4.62. The molecule has 5 rings (SSSR count). The number of hydrogen-bond donors (Lipinski definition) is 1. The standard InChI is InChI=1S/C27H24N4/c1-19-7-6-10-23(15-19)24-12-11-21(16-20(24)2)17-29-26-27-30-18-25(31(27)14-13-28-26)22-8-4-3-5-9-22/h3-16,18H,17H2,1-2H3,(H,28,29). The van der Waals surface area contributed by atoms with Crippen molar-refractivity contribution in [3.63, 3.8) is 0 Å². The van der Waals surface area contributed by atoms with E-state index in [4.69, 9.17) is 0 Å². The molecule has 0 atom stereocenters. The van der Waals surface area contributed by atoms with Crippen molar-refractivity contribution in [1.29, 1.82) is 0 Å². The van der Waals surface area contributed by atoms with Gasteiger partial charge in [0.05, 0.1) is 11.9 Å². The van der Waals surface area contributed by atoms with Gasteiger partial charge in [0.25, 0.3) is 0 Å². The molecule has 1 N–H and O–H groups in total. The molecule has 0 saturated heterocycles. The number of anilines is 1. The third-order valence-electron chi connectivity index (χ3n) is 5.58. The third kappa shape index (κ3) is 3.80. The summed E-state index contributed by atoms with van der Waals surface area (Å²) in [6.45, 7) is 4.99. The van der Waals surface area contributed by atoms with E-state index in [1.165, 1.54) is 27.8 Å². The van der Waals surface area contributed by atoms with Gasteiger partial charge in [0.2, 0.25) is 0 Å². The summed E-state index contributed by atoms with van der Waals surface area (Å²) in [7, 11) is 0. The molecule has 0 amide bonds. The fourth-order valence-electron chi connectivity index (χ4n) is 4.02. The quantitative estimate of drug-likeness (QED) is 0.374. The van der Waals surface area contributed by atoms with Gasteiger partial charge in [-0.15, -0.1) is 0 Å². The zero-order chi connectivity index (χ0) is 21.2. The van der Waals surface area contributed by atoms with Gasteiger partial charge in [-0.05, 0) is 36.1 Å². The van der Waals surface area contributed by atoms with Crippen molar-refractivity contribution in [2.24, 2.45) is 0 Å². The SMILES string of the molecule is Cc1cccc(-c2ccc(CNc3nccn4c(-c5ccccc5)cnc34)cc2C)c1. The van der Waals surface area contributed by atoms with E-state index in [1.54, 1.807) is 0 Å². The van der Waals surface area contributed by atoms with Crippen LogP contribution in [0.4, 0.5) is 5.82 Å². The number of aryl methyl sites for hydroxylation is 2. The predicted molar refractivity (Wildman–Crippen MR) is 127 cm³/mol. The number of hydrogen-bond acceptors (Lipinski definition) is 3. The third-order valence-corrected chi connectivity index (χ3v) is 5.58. The zero-order valence-corrected chi connectivity index (χ0v) is 17.7. The van der Waals surface area contributed by atoms with Gasteiger partial charge in [-0.3, -0.25) is 4.40 Å². The van der Waals surface area contributed by atoms with Gasteiger partial charge in [0.15, 0.2) is 11.5 Å². The molecule has 0 spiro atoms. The second-order valence-electron chi connectivity index (χ2n) is 7.85. The highest BCUT2D eigenvalue weighted by Crippen LogP contribution is 2.26. The van der Waals surface area contributed by atoms with Crippen LogP contribution in [0.2, 0.25) is 0 Å². The van der Waals surface area contributed by atoms with Gasteiger partial charge in [0.1, 0.15) is 0 Å². The minimum atomic E-state index is 0.690. The molecule has 0 fully saturated rings. The molecule has 2 heterocycles. The van der Waals surface area contributed by atoms with Crippen LogP contribution in [0.15, 0.2) is 91.4 Å². The summed E-state index contributed by atoms with van der Waals surface area (Å²) in [5, 5.41) is 3.47. The van der Waals surface area contributed by atoms with Crippen LogP contribution in [0.1, 0.15) is 16.7 Å². The van der Waals surface area contributed by atoms with Crippen molar-refractivity contribution in [1.82, 2.24) is 14.4 Å². The number of aromatic nitrogens is 3. The average molecular weight is 405 g/mol. The Hall–Kier alpha value is -3.92. The van der Waals surface area contributed by atoms with E-state index in [0.29, 0.717) is 6.54 Å². The number of fused-ring (bicyclic) bond motifs is 1. The van der Waals surface area contributed by atoms with Crippen LogP contribution in [0.3, 0.4) is 0 Å². The molecule has 4 nitrogen and oxygen atoms in total. The molecule has 0 aliphatic rings. The van der Waals surface area contributed by atoms with Crippen molar-refractivity contribution in [2.75, 3.05) is 5.32 Å². The van der Waals surface area contributed by atoms with E-state index in [9.17, 15) is 0 Å². The maximum Gasteiger partial charge on any atom is 0.180 e. The summed E-state index contributed by atoms with van der Waals surface area (Å²) in [6.07, 6.45) is 5.67. The van der Waals surface area contributed by atoms with Crippen molar-refractivity contribution in [2.45, 2.75) is 20.4 Å². The largest absolute Gasteiger partial charge is 0.363 e. The Morgan fingerprint density at radius 2 is 1.68 bits per heavy atom. The molecule has 4 heteroatoms. The molecule has 152 valence electrons. The van der Waals surface area contributed by atoms with Gasteiger partial charge in [-0.1, -0.05) is 78.4 Å². The molecule has 0 saturated carbocycles. The summed E-state index contributed by atoms with van der Waals surface area (Å²) in [6, 6.07) is 25.6. The molecule has 0 unspecified atom stereocenters. The highest BCUT2D eigenvalue weighted by atomic mass is 15.1. The Morgan fingerprint density at radius 3 is 2.48 bits per heavy atom. The molecule has 0 bridgehead atoms. The lowest BCUT2D eigenvalue weighted by molar-refractivity contribution is 1.07. The van der Waals surface area contributed by atoms with Crippen molar-refractivity contribution >= 4 is 11.5 Å². The van der Waals surface area contributed by atoms with E-state index in [-0.39, 0.29) is 0 Å². The zero-order valence-electron chi connectivity index (χ0n) is 17.7. The van der Waals surface area contributed by atoms with Gasteiger partial charge in [-0.2, -0.15) is 0 Å². The lowest BCUT2D eigenvalue weighted by Crippen LogP contribution is -2.04. The molecule has 3 aromatic carbocycles. The normalized spacial score (nSPS) is 11.0. The average Bonchev–Trinajstić information content (AvgIpc) is 3.23. The Labute approximate surface area is 182 Å². The van der Waals surface area contributed by atoms with Crippen LogP contribution in [0.25, 0.3) is 28.0 Å². The number of rotatable bonds is 5. The summed E-state index contributed by atoms with van der Waals surface area (Å²) in [5.74, 6) is 0.782. The smallest absolute Gasteiger partial charge is 0.180 e. The van der Waals surface area contributed by atoms with E-state index >= 15 is 0 Å². The summed E-state index contributed by atoms with van der Waals surface area (Å²) < 4.78 is 2.08. The highest BCUT2D eigenvalue weighted by Gasteiger charge is 2.10. The second kappa shape index (κ2) is 8.07. The van der Waals surface area contributed by atoms with Crippen molar-refractivity contribution in [3.05, 3.63) is 108 Å². The fourth-order valence-corrected chi connectivity index (χ4v) is 4.02. The first-order valence-electron chi connectivity index (χ1n) is 10.5. The topological polar surface area (TPSA) is 42.2 Å². The van der Waals surface area contributed by atoms with Crippen molar-refractivity contribution in [3.8, 4) is 22.4 Å².